The lowest BCUT2D eigenvalue weighted by Crippen LogP contribution is -1.97. The van der Waals surface area contributed by atoms with Crippen LogP contribution in [0.2, 0.25) is 0 Å². The van der Waals surface area contributed by atoms with Crippen molar-refractivity contribution in [2.24, 2.45) is 5.73 Å². The van der Waals surface area contributed by atoms with Crippen LogP contribution in [0.3, 0.4) is 0 Å². The summed E-state index contributed by atoms with van der Waals surface area (Å²) in [6.07, 6.45) is 0. The van der Waals surface area contributed by atoms with Gasteiger partial charge in [0.2, 0.25) is 0 Å². The monoisotopic (exact) mass is 253 g/mol. The van der Waals surface area contributed by atoms with Crippen LogP contribution in [0.5, 0.6) is 11.5 Å². The van der Waals surface area contributed by atoms with Crippen molar-refractivity contribution in [1.29, 1.82) is 0 Å². The van der Waals surface area contributed by atoms with Gasteiger partial charge < -0.3 is 15.6 Å². The molecule has 0 aliphatic rings. The standard InChI is InChI=1S/C16H15NO2/c17-10-4-7-14-6-1-2-9-16(14)19-12-13-5-3-8-15(18)11-13/h1-3,5-6,8-9,11,18H,10,12,17H2. The number of para-hydroxylation sites is 1. The van der Waals surface area contributed by atoms with Crippen molar-refractivity contribution in [3.63, 3.8) is 0 Å². The highest BCUT2D eigenvalue weighted by atomic mass is 16.5. The van der Waals surface area contributed by atoms with Gasteiger partial charge in [-0.3, -0.25) is 0 Å². The van der Waals surface area contributed by atoms with Crippen LogP contribution in [0.15, 0.2) is 48.5 Å². The number of phenols is 1. The van der Waals surface area contributed by atoms with Crippen molar-refractivity contribution in [2.45, 2.75) is 6.61 Å². The Labute approximate surface area is 112 Å². The number of hydrogen-bond acceptors (Lipinski definition) is 3. The molecule has 0 fully saturated rings. The molecule has 0 saturated carbocycles. The first-order valence-corrected chi connectivity index (χ1v) is 5.98. The summed E-state index contributed by atoms with van der Waals surface area (Å²) >= 11 is 0. The Morgan fingerprint density at radius 3 is 2.74 bits per heavy atom. The molecule has 0 atom stereocenters. The van der Waals surface area contributed by atoms with Gasteiger partial charge in [-0.2, -0.15) is 0 Å². The van der Waals surface area contributed by atoms with E-state index in [2.05, 4.69) is 11.8 Å². The molecule has 3 heteroatoms. The van der Waals surface area contributed by atoms with Gasteiger partial charge in [0.15, 0.2) is 0 Å². The lowest BCUT2D eigenvalue weighted by atomic mass is 10.2. The van der Waals surface area contributed by atoms with Crippen LogP contribution < -0.4 is 10.5 Å². The molecule has 19 heavy (non-hydrogen) atoms. The molecule has 2 rings (SSSR count). The maximum absolute atomic E-state index is 9.39. The molecule has 0 aliphatic heterocycles. The van der Waals surface area contributed by atoms with Gasteiger partial charge in [0.1, 0.15) is 18.1 Å². The minimum atomic E-state index is 0.234. The van der Waals surface area contributed by atoms with Crippen molar-refractivity contribution in [2.75, 3.05) is 6.54 Å². The van der Waals surface area contributed by atoms with Crippen molar-refractivity contribution < 1.29 is 9.84 Å². The number of phenolic OH excluding ortho intramolecular Hbond substituents is 1. The van der Waals surface area contributed by atoms with Gasteiger partial charge in [0.05, 0.1) is 12.1 Å². The van der Waals surface area contributed by atoms with Crippen molar-refractivity contribution in [3.05, 3.63) is 59.7 Å². The molecule has 0 aliphatic carbocycles. The molecule has 0 bridgehead atoms. The van der Waals surface area contributed by atoms with E-state index >= 15 is 0 Å². The third kappa shape index (κ3) is 3.77. The topological polar surface area (TPSA) is 55.5 Å². The van der Waals surface area contributed by atoms with Crippen molar-refractivity contribution >= 4 is 0 Å². The minimum absolute atomic E-state index is 0.234. The van der Waals surface area contributed by atoms with Crippen LogP contribution in [0.4, 0.5) is 0 Å². The highest BCUT2D eigenvalue weighted by Gasteiger charge is 2.01. The maximum atomic E-state index is 9.39. The third-order valence-corrected chi connectivity index (χ3v) is 2.52. The van der Waals surface area contributed by atoms with Gasteiger partial charge in [0.25, 0.3) is 0 Å². The number of ether oxygens (including phenoxy) is 1. The van der Waals surface area contributed by atoms with Gasteiger partial charge in [-0.15, -0.1) is 0 Å². The Balaban J connectivity index is 2.11. The number of benzene rings is 2. The molecule has 0 saturated heterocycles. The first-order valence-electron chi connectivity index (χ1n) is 5.98. The Morgan fingerprint density at radius 2 is 1.95 bits per heavy atom. The van der Waals surface area contributed by atoms with E-state index in [0.717, 1.165) is 11.1 Å². The molecular weight excluding hydrogens is 238 g/mol. The fourth-order valence-electron chi connectivity index (χ4n) is 1.65. The van der Waals surface area contributed by atoms with Crippen LogP contribution in [0.25, 0.3) is 0 Å². The summed E-state index contributed by atoms with van der Waals surface area (Å²) in [6.45, 7) is 0.705. The number of rotatable bonds is 3. The van der Waals surface area contributed by atoms with Gasteiger partial charge >= 0.3 is 0 Å². The molecule has 0 amide bonds. The summed E-state index contributed by atoms with van der Waals surface area (Å²) in [7, 11) is 0. The fourth-order valence-corrected chi connectivity index (χ4v) is 1.65. The van der Waals surface area contributed by atoms with E-state index in [1.165, 1.54) is 0 Å². The predicted octanol–water partition coefficient (Wildman–Crippen LogP) is 2.28. The largest absolute Gasteiger partial charge is 0.508 e. The zero-order valence-electron chi connectivity index (χ0n) is 10.5. The van der Waals surface area contributed by atoms with Crippen LogP contribution in [0.1, 0.15) is 11.1 Å². The van der Waals surface area contributed by atoms with Crippen LogP contribution >= 0.6 is 0 Å². The van der Waals surface area contributed by atoms with E-state index in [1.54, 1.807) is 18.2 Å². The van der Waals surface area contributed by atoms with Crippen molar-refractivity contribution in [1.82, 2.24) is 0 Å². The summed E-state index contributed by atoms with van der Waals surface area (Å²) in [5, 5.41) is 9.39. The Hall–Kier alpha value is -2.44. The maximum Gasteiger partial charge on any atom is 0.135 e. The van der Waals surface area contributed by atoms with E-state index in [-0.39, 0.29) is 5.75 Å². The van der Waals surface area contributed by atoms with Gasteiger partial charge in [-0.1, -0.05) is 36.1 Å². The Kier molecular flexibility index (Phi) is 4.44. The predicted molar refractivity (Wildman–Crippen MR) is 74.8 cm³/mol. The summed E-state index contributed by atoms with van der Waals surface area (Å²) < 4.78 is 5.72. The first kappa shape index (κ1) is 13.0. The van der Waals surface area contributed by atoms with E-state index in [1.807, 2.05) is 30.3 Å². The first-order chi connectivity index (χ1) is 9.29. The molecule has 2 aromatic rings. The zero-order chi connectivity index (χ0) is 13.5. The van der Waals surface area contributed by atoms with E-state index in [9.17, 15) is 5.11 Å². The zero-order valence-corrected chi connectivity index (χ0v) is 10.5. The normalized spacial score (nSPS) is 9.53. The minimum Gasteiger partial charge on any atom is -0.508 e. The average Bonchev–Trinajstić information content (AvgIpc) is 2.44. The molecule has 0 heterocycles. The molecule has 0 unspecified atom stereocenters. The van der Waals surface area contributed by atoms with Gasteiger partial charge in [0, 0.05) is 0 Å². The second-order valence-corrected chi connectivity index (χ2v) is 3.96. The third-order valence-electron chi connectivity index (χ3n) is 2.52. The summed E-state index contributed by atoms with van der Waals surface area (Å²) in [4.78, 5) is 0. The van der Waals surface area contributed by atoms with Crippen LogP contribution in [0, 0.1) is 11.8 Å². The molecule has 96 valence electrons. The van der Waals surface area contributed by atoms with E-state index in [4.69, 9.17) is 10.5 Å². The average molecular weight is 253 g/mol. The second-order valence-electron chi connectivity index (χ2n) is 3.96. The molecular formula is C16H15NO2. The number of aromatic hydroxyl groups is 1. The number of hydrogen-bond donors (Lipinski definition) is 2. The van der Waals surface area contributed by atoms with E-state index < -0.39 is 0 Å². The number of nitrogens with two attached hydrogens (primary N) is 1. The molecule has 0 spiro atoms. The van der Waals surface area contributed by atoms with Crippen molar-refractivity contribution in [3.8, 4) is 23.3 Å². The van der Waals surface area contributed by atoms with Gasteiger partial charge in [-0.05, 0) is 29.8 Å². The Bertz CT molecular complexity index is 611. The molecule has 2 aromatic carbocycles. The summed E-state index contributed by atoms with van der Waals surface area (Å²) in [6, 6.07) is 14.5. The van der Waals surface area contributed by atoms with Crippen LogP contribution in [-0.4, -0.2) is 11.7 Å². The fraction of sp³-hybridized carbons (Fsp3) is 0.125. The molecule has 3 N–H and O–H groups in total. The smallest absolute Gasteiger partial charge is 0.135 e. The SMILES string of the molecule is NCC#Cc1ccccc1OCc1cccc(O)c1. The molecule has 0 radical (unpaired) electrons. The summed E-state index contributed by atoms with van der Waals surface area (Å²) in [5.41, 5.74) is 7.08. The lowest BCUT2D eigenvalue weighted by molar-refractivity contribution is 0.304. The quantitative estimate of drug-likeness (QED) is 0.825. The summed E-state index contributed by atoms with van der Waals surface area (Å²) in [5.74, 6) is 6.73. The van der Waals surface area contributed by atoms with E-state index in [0.29, 0.717) is 18.9 Å². The molecule has 3 nitrogen and oxygen atoms in total. The molecule has 0 aromatic heterocycles. The van der Waals surface area contributed by atoms with Crippen LogP contribution in [-0.2, 0) is 6.61 Å². The van der Waals surface area contributed by atoms with Gasteiger partial charge in [-0.25, -0.2) is 0 Å². The highest BCUT2D eigenvalue weighted by Crippen LogP contribution is 2.19. The Morgan fingerprint density at radius 1 is 1.11 bits per heavy atom. The second kappa shape index (κ2) is 6.48. The lowest BCUT2D eigenvalue weighted by Gasteiger charge is -2.08. The highest BCUT2D eigenvalue weighted by molar-refractivity contribution is 5.46.